The summed E-state index contributed by atoms with van der Waals surface area (Å²) in [4.78, 5) is 8.51. The molecule has 4 aromatic rings. The first-order valence-electron chi connectivity index (χ1n) is 8.12. The van der Waals surface area contributed by atoms with E-state index in [9.17, 15) is 0 Å². The molecule has 3 aromatic heterocycles. The van der Waals surface area contributed by atoms with Crippen molar-refractivity contribution in [1.29, 1.82) is 0 Å². The second-order valence-corrected chi connectivity index (χ2v) is 6.29. The van der Waals surface area contributed by atoms with E-state index in [2.05, 4.69) is 20.2 Å². The van der Waals surface area contributed by atoms with Crippen LogP contribution in [0.5, 0.6) is 5.75 Å². The number of aryl methyl sites for hydroxylation is 1. The molecule has 0 saturated carbocycles. The van der Waals surface area contributed by atoms with Gasteiger partial charge in [0.05, 0.1) is 31.2 Å². The Morgan fingerprint density at radius 2 is 2.22 bits per heavy atom. The van der Waals surface area contributed by atoms with Crippen LogP contribution in [0.4, 0.5) is 4.39 Å². The van der Waals surface area contributed by atoms with E-state index >= 15 is 4.39 Å². The molecule has 0 saturated heterocycles. The van der Waals surface area contributed by atoms with E-state index in [0.29, 0.717) is 40.4 Å². The molecule has 0 fully saturated rings. The van der Waals surface area contributed by atoms with Crippen molar-refractivity contribution in [3.05, 3.63) is 41.5 Å². The Hall–Kier alpha value is -2.91. The molecule has 0 aliphatic carbocycles. The first-order chi connectivity index (χ1) is 13.1. The Balaban J connectivity index is 2.09. The zero-order valence-corrected chi connectivity index (χ0v) is 15.3. The molecule has 140 valence electrons. The number of aromatic amines is 1. The molecular formula is C17H16ClFN6O2. The first kappa shape index (κ1) is 17.5. The highest BCUT2D eigenvalue weighted by molar-refractivity contribution is 6.33. The summed E-state index contributed by atoms with van der Waals surface area (Å²) in [6.45, 7) is -0.0560. The highest BCUT2D eigenvalue weighted by Gasteiger charge is 2.26. The quantitative estimate of drug-likeness (QED) is 0.546. The number of fused-ring (bicyclic) bond motifs is 1. The van der Waals surface area contributed by atoms with E-state index in [-0.39, 0.29) is 17.4 Å². The molecule has 3 heterocycles. The molecule has 0 aliphatic rings. The fourth-order valence-corrected chi connectivity index (χ4v) is 3.40. The van der Waals surface area contributed by atoms with Gasteiger partial charge in [0.1, 0.15) is 22.3 Å². The van der Waals surface area contributed by atoms with E-state index in [1.165, 1.54) is 7.11 Å². The van der Waals surface area contributed by atoms with Crippen LogP contribution in [0.2, 0.25) is 5.02 Å². The maximum Gasteiger partial charge on any atom is 0.199 e. The number of aliphatic hydroxyl groups excluding tert-OH is 1. The highest BCUT2D eigenvalue weighted by atomic mass is 35.5. The summed E-state index contributed by atoms with van der Waals surface area (Å²) >= 11 is 6.12. The molecule has 2 N–H and O–H groups in total. The predicted octanol–water partition coefficient (Wildman–Crippen LogP) is 2.49. The fourth-order valence-electron chi connectivity index (χ4n) is 3.18. The zero-order valence-electron chi connectivity index (χ0n) is 14.6. The molecule has 0 atom stereocenters. The van der Waals surface area contributed by atoms with Crippen LogP contribution < -0.4 is 4.74 Å². The summed E-state index contributed by atoms with van der Waals surface area (Å²) in [5.74, 6) is 0.546. The lowest BCUT2D eigenvalue weighted by atomic mass is 10.2. The van der Waals surface area contributed by atoms with E-state index in [1.807, 2.05) is 0 Å². The normalized spacial score (nSPS) is 11.4. The van der Waals surface area contributed by atoms with E-state index in [1.54, 1.807) is 41.0 Å². The maximum absolute atomic E-state index is 15.0. The van der Waals surface area contributed by atoms with E-state index < -0.39 is 5.82 Å². The average molecular weight is 391 g/mol. The van der Waals surface area contributed by atoms with E-state index in [4.69, 9.17) is 21.4 Å². The molecule has 0 radical (unpaired) electrons. The van der Waals surface area contributed by atoms with Gasteiger partial charge in [-0.15, -0.1) is 0 Å². The van der Waals surface area contributed by atoms with Gasteiger partial charge in [0.15, 0.2) is 11.6 Å². The van der Waals surface area contributed by atoms with Gasteiger partial charge in [-0.05, 0) is 6.07 Å². The molecule has 0 unspecified atom stereocenters. The number of H-pyrrole nitrogens is 1. The van der Waals surface area contributed by atoms with Crippen LogP contribution in [0.3, 0.4) is 0 Å². The van der Waals surface area contributed by atoms with Crippen LogP contribution in [-0.2, 0) is 13.5 Å². The van der Waals surface area contributed by atoms with Gasteiger partial charge in [-0.1, -0.05) is 11.6 Å². The summed E-state index contributed by atoms with van der Waals surface area (Å²) < 4.78 is 23.7. The van der Waals surface area contributed by atoms with Crippen molar-refractivity contribution in [2.45, 2.75) is 6.42 Å². The smallest absolute Gasteiger partial charge is 0.199 e. The van der Waals surface area contributed by atoms with Gasteiger partial charge in [-0.3, -0.25) is 5.10 Å². The number of imidazole rings is 1. The van der Waals surface area contributed by atoms with Gasteiger partial charge < -0.3 is 19.0 Å². The predicted molar refractivity (Wildman–Crippen MR) is 97.7 cm³/mol. The molecule has 10 heteroatoms. The van der Waals surface area contributed by atoms with Crippen LogP contribution in [0.15, 0.2) is 24.8 Å². The Morgan fingerprint density at radius 3 is 2.89 bits per heavy atom. The van der Waals surface area contributed by atoms with Crippen LogP contribution in [0.25, 0.3) is 28.1 Å². The molecule has 0 bridgehead atoms. The lowest BCUT2D eigenvalue weighted by Crippen LogP contribution is -1.99. The number of nitrogens with one attached hydrogen (secondary N) is 1. The van der Waals surface area contributed by atoms with Gasteiger partial charge in [-0.2, -0.15) is 5.10 Å². The minimum atomic E-state index is -0.591. The number of benzene rings is 1. The Morgan fingerprint density at radius 1 is 1.41 bits per heavy atom. The summed E-state index contributed by atoms with van der Waals surface area (Å²) in [6.07, 6.45) is 5.32. The summed E-state index contributed by atoms with van der Waals surface area (Å²) in [7, 11) is 3.15. The Kier molecular flexibility index (Phi) is 4.33. The minimum Gasteiger partial charge on any atom is -0.495 e. The SMILES string of the molecule is COc1cc2c(-n3ccnc3)c(-c3n[nH]c(CCO)n3)n(C)c2c(F)c1Cl. The van der Waals surface area contributed by atoms with Gasteiger partial charge in [0.25, 0.3) is 0 Å². The van der Waals surface area contributed by atoms with Crippen molar-refractivity contribution in [2.24, 2.45) is 7.05 Å². The molecule has 4 rings (SSSR count). The third-order valence-corrected chi connectivity index (χ3v) is 4.72. The monoisotopic (exact) mass is 390 g/mol. The van der Waals surface area contributed by atoms with Crippen LogP contribution in [-0.4, -0.2) is 48.1 Å². The first-order valence-corrected chi connectivity index (χ1v) is 8.49. The highest BCUT2D eigenvalue weighted by Crippen LogP contribution is 2.41. The number of halogens is 2. The largest absolute Gasteiger partial charge is 0.495 e. The Bertz CT molecular complexity index is 1120. The van der Waals surface area contributed by atoms with Crippen LogP contribution in [0.1, 0.15) is 5.82 Å². The number of hydrogen-bond donors (Lipinski definition) is 2. The number of aliphatic hydroxyl groups is 1. The molecule has 0 amide bonds. The second-order valence-electron chi connectivity index (χ2n) is 5.91. The number of ether oxygens (including phenoxy) is 1. The number of nitrogens with zero attached hydrogens (tertiary/aromatic N) is 5. The summed E-state index contributed by atoms with van der Waals surface area (Å²) in [6, 6.07) is 1.68. The number of aromatic nitrogens is 6. The summed E-state index contributed by atoms with van der Waals surface area (Å²) in [5, 5.41) is 16.6. The van der Waals surface area contributed by atoms with E-state index in [0.717, 1.165) is 0 Å². The molecule has 1 aromatic carbocycles. The number of rotatable bonds is 5. The molecule has 27 heavy (non-hydrogen) atoms. The third-order valence-electron chi connectivity index (χ3n) is 4.37. The molecular weight excluding hydrogens is 375 g/mol. The maximum atomic E-state index is 15.0. The molecule has 0 aliphatic heterocycles. The van der Waals surface area contributed by atoms with Gasteiger partial charge in [0, 0.05) is 31.2 Å². The van der Waals surface area contributed by atoms with Crippen molar-refractivity contribution in [2.75, 3.05) is 13.7 Å². The van der Waals surface area contributed by atoms with Crippen LogP contribution in [0, 0.1) is 5.82 Å². The number of methoxy groups -OCH3 is 1. The molecule has 0 spiro atoms. The number of hydrogen-bond acceptors (Lipinski definition) is 5. The van der Waals surface area contributed by atoms with Gasteiger partial charge >= 0.3 is 0 Å². The minimum absolute atomic E-state index is 0.0560. The molecule has 8 nitrogen and oxygen atoms in total. The summed E-state index contributed by atoms with van der Waals surface area (Å²) in [5.41, 5.74) is 1.52. The van der Waals surface area contributed by atoms with Gasteiger partial charge in [-0.25, -0.2) is 14.4 Å². The standard InChI is InChI=1S/C17H16ClFN6O2/c1-24-14-9(7-10(27-2)12(18)13(14)19)15(25-5-4-20-8-25)16(24)17-21-11(3-6-26)22-23-17/h4-5,7-8,26H,3,6H2,1-2H3,(H,21,22,23). The fraction of sp³-hybridized carbons (Fsp3) is 0.235. The third kappa shape index (κ3) is 2.66. The topological polar surface area (TPSA) is 93.8 Å². The second kappa shape index (κ2) is 6.67. The lowest BCUT2D eigenvalue weighted by molar-refractivity contribution is 0.297. The average Bonchev–Trinajstić information content (AvgIpc) is 3.37. The van der Waals surface area contributed by atoms with Crippen molar-refractivity contribution in [3.8, 4) is 23.0 Å². The lowest BCUT2D eigenvalue weighted by Gasteiger charge is -2.07. The van der Waals surface area contributed by atoms with Crippen molar-refractivity contribution >= 4 is 22.5 Å². The van der Waals surface area contributed by atoms with Gasteiger partial charge in [0.2, 0.25) is 0 Å². The van der Waals surface area contributed by atoms with Crippen LogP contribution >= 0.6 is 11.6 Å². The zero-order chi connectivity index (χ0) is 19.1. The Labute approximate surface area is 158 Å². The van der Waals surface area contributed by atoms with Crippen molar-refractivity contribution in [1.82, 2.24) is 29.3 Å². The van der Waals surface area contributed by atoms with Crippen molar-refractivity contribution < 1.29 is 14.2 Å². The van der Waals surface area contributed by atoms with Crippen molar-refractivity contribution in [3.63, 3.8) is 0 Å².